The molecule has 0 fully saturated rings. The van der Waals surface area contributed by atoms with Crippen LogP contribution in [-0.2, 0) is 17.5 Å². The summed E-state index contributed by atoms with van der Waals surface area (Å²) in [5.41, 5.74) is -0.805. The van der Waals surface area contributed by atoms with E-state index >= 15 is 0 Å². The first-order chi connectivity index (χ1) is 11.7. The predicted octanol–water partition coefficient (Wildman–Crippen LogP) is 4.53. The number of nitrogens with zero attached hydrogens (tertiary/aromatic N) is 2. The van der Waals surface area contributed by atoms with Crippen LogP contribution in [0, 0.1) is 6.92 Å². The summed E-state index contributed by atoms with van der Waals surface area (Å²) < 4.78 is 43.1. The first-order valence-corrected chi connectivity index (χ1v) is 8.66. The van der Waals surface area contributed by atoms with Gasteiger partial charge in [-0.05, 0) is 45.0 Å². The lowest BCUT2D eigenvalue weighted by Crippen LogP contribution is -2.37. The van der Waals surface area contributed by atoms with Crippen LogP contribution in [0.5, 0.6) is 0 Å². The van der Waals surface area contributed by atoms with Crippen molar-refractivity contribution < 1.29 is 22.4 Å². The Labute approximate surface area is 148 Å². The van der Waals surface area contributed by atoms with E-state index in [4.69, 9.17) is 4.42 Å². The minimum atomic E-state index is -4.42. The van der Waals surface area contributed by atoms with Gasteiger partial charge in [0.2, 0.25) is 5.91 Å². The number of rotatable bonds is 6. The summed E-state index contributed by atoms with van der Waals surface area (Å²) in [6.07, 6.45) is -3.64. The van der Waals surface area contributed by atoms with Crippen LogP contribution in [-0.4, -0.2) is 27.6 Å². The highest BCUT2D eigenvalue weighted by atomic mass is 32.2. The molecule has 8 heteroatoms. The molecule has 0 bridgehead atoms. The Bertz CT molecular complexity index is 711. The van der Waals surface area contributed by atoms with Crippen molar-refractivity contribution in [3.8, 4) is 0 Å². The van der Waals surface area contributed by atoms with Crippen LogP contribution in [0.4, 0.5) is 13.2 Å². The molecule has 2 aromatic rings. The minimum Gasteiger partial charge on any atom is -0.464 e. The molecule has 2 aromatic heterocycles. The molecule has 0 aromatic carbocycles. The van der Waals surface area contributed by atoms with Gasteiger partial charge in [-0.3, -0.25) is 4.79 Å². The summed E-state index contributed by atoms with van der Waals surface area (Å²) in [5, 5.41) is 0.374. The average Bonchev–Trinajstić information content (AvgIpc) is 2.95. The number of alkyl halides is 3. The van der Waals surface area contributed by atoms with E-state index in [-0.39, 0.29) is 17.7 Å². The van der Waals surface area contributed by atoms with Gasteiger partial charge >= 0.3 is 6.18 Å². The third kappa shape index (κ3) is 5.52. The molecule has 25 heavy (non-hydrogen) atoms. The number of aromatic nitrogens is 1. The zero-order chi connectivity index (χ0) is 18.6. The van der Waals surface area contributed by atoms with Crippen LogP contribution >= 0.6 is 11.8 Å². The number of pyridine rings is 1. The minimum absolute atomic E-state index is 0.0286. The zero-order valence-electron chi connectivity index (χ0n) is 14.1. The number of furan rings is 1. The van der Waals surface area contributed by atoms with Crippen LogP contribution in [0.15, 0.2) is 39.9 Å². The number of carbonyl (C=O) groups excluding carboxylic acids is 1. The Morgan fingerprint density at radius 3 is 2.48 bits per heavy atom. The predicted molar refractivity (Wildman–Crippen MR) is 89.1 cm³/mol. The number of halogens is 3. The highest BCUT2D eigenvalue weighted by molar-refractivity contribution is 7.99. The molecule has 0 radical (unpaired) electrons. The second-order valence-corrected chi connectivity index (χ2v) is 6.79. The number of aryl methyl sites for hydroxylation is 1. The van der Waals surface area contributed by atoms with Crippen molar-refractivity contribution in [2.75, 3.05) is 5.75 Å². The molecule has 0 aliphatic rings. The summed E-state index contributed by atoms with van der Waals surface area (Å²) in [6, 6.07) is 5.86. The summed E-state index contributed by atoms with van der Waals surface area (Å²) in [7, 11) is 0. The van der Waals surface area contributed by atoms with Crippen LogP contribution in [0.25, 0.3) is 0 Å². The van der Waals surface area contributed by atoms with Crippen LogP contribution < -0.4 is 0 Å². The van der Waals surface area contributed by atoms with E-state index in [0.29, 0.717) is 17.3 Å². The normalized spacial score (nSPS) is 11.8. The number of hydrogen-bond acceptors (Lipinski definition) is 4. The fraction of sp³-hybridized carbons (Fsp3) is 0.412. The van der Waals surface area contributed by atoms with Crippen molar-refractivity contribution in [3.05, 3.63) is 47.5 Å². The molecule has 0 saturated carbocycles. The van der Waals surface area contributed by atoms with E-state index in [2.05, 4.69) is 4.98 Å². The van der Waals surface area contributed by atoms with Crippen LogP contribution in [0.1, 0.15) is 30.9 Å². The van der Waals surface area contributed by atoms with Crippen molar-refractivity contribution >= 4 is 17.7 Å². The molecule has 4 nitrogen and oxygen atoms in total. The number of amides is 1. The molecular weight excluding hydrogens is 353 g/mol. The molecular formula is C17H19F3N2O2S. The van der Waals surface area contributed by atoms with Gasteiger partial charge in [0, 0.05) is 12.2 Å². The lowest BCUT2D eigenvalue weighted by molar-refractivity contribution is -0.138. The van der Waals surface area contributed by atoms with Gasteiger partial charge in [-0.25, -0.2) is 4.98 Å². The van der Waals surface area contributed by atoms with E-state index in [1.54, 1.807) is 4.90 Å². The molecule has 0 aliphatic heterocycles. The van der Waals surface area contributed by atoms with Gasteiger partial charge in [-0.2, -0.15) is 13.2 Å². The van der Waals surface area contributed by atoms with Crippen molar-refractivity contribution in [3.63, 3.8) is 0 Å². The molecule has 2 rings (SSSR count). The highest BCUT2D eigenvalue weighted by Crippen LogP contribution is 2.29. The smallest absolute Gasteiger partial charge is 0.417 e. The maximum absolute atomic E-state index is 12.5. The van der Waals surface area contributed by atoms with Gasteiger partial charge in [0.1, 0.15) is 11.5 Å². The van der Waals surface area contributed by atoms with Crippen molar-refractivity contribution in [1.29, 1.82) is 0 Å². The van der Waals surface area contributed by atoms with Gasteiger partial charge in [-0.15, -0.1) is 0 Å². The SMILES string of the molecule is Cc1ccc(CN(C(=O)CSc2ccc(C(F)(F)F)cn2)C(C)C)o1. The van der Waals surface area contributed by atoms with Crippen LogP contribution in [0.2, 0.25) is 0 Å². The molecule has 0 atom stereocenters. The first-order valence-electron chi connectivity index (χ1n) is 7.67. The Balaban J connectivity index is 1.96. The van der Waals surface area contributed by atoms with Gasteiger partial charge in [0.05, 0.1) is 22.9 Å². The third-order valence-corrected chi connectivity index (χ3v) is 4.40. The van der Waals surface area contributed by atoms with E-state index < -0.39 is 11.7 Å². The summed E-state index contributed by atoms with van der Waals surface area (Å²) in [5.74, 6) is 1.43. The van der Waals surface area contributed by atoms with Gasteiger partial charge < -0.3 is 9.32 Å². The molecule has 0 spiro atoms. The van der Waals surface area contributed by atoms with Gasteiger partial charge in [-0.1, -0.05) is 11.8 Å². The molecule has 0 N–H and O–H groups in total. The molecule has 1 amide bonds. The lowest BCUT2D eigenvalue weighted by atomic mass is 10.3. The maximum atomic E-state index is 12.5. The number of hydrogen-bond donors (Lipinski definition) is 0. The fourth-order valence-corrected chi connectivity index (χ4v) is 2.88. The highest BCUT2D eigenvalue weighted by Gasteiger charge is 2.30. The maximum Gasteiger partial charge on any atom is 0.417 e. The summed E-state index contributed by atoms with van der Waals surface area (Å²) in [4.78, 5) is 17.9. The molecule has 0 saturated heterocycles. The average molecular weight is 372 g/mol. The molecule has 2 heterocycles. The third-order valence-electron chi connectivity index (χ3n) is 3.47. The second kappa shape index (κ2) is 7.95. The van der Waals surface area contributed by atoms with Crippen molar-refractivity contribution in [2.45, 2.75) is 44.6 Å². The Morgan fingerprint density at radius 2 is 2.00 bits per heavy atom. The summed E-state index contributed by atoms with van der Waals surface area (Å²) in [6.45, 7) is 5.98. The fourth-order valence-electron chi connectivity index (χ4n) is 2.15. The van der Waals surface area contributed by atoms with Crippen molar-refractivity contribution in [2.24, 2.45) is 0 Å². The molecule has 136 valence electrons. The summed E-state index contributed by atoms with van der Waals surface area (Å²) >= 11 is 1.11. The van der Waals surface area contributed by atoms with Gasteiger partial charge in [0.25, 0.3) is 0 Å². The lowest BCUT2D eigenvalue weighted by Gasteiger charge is -2.25. The number of carbonyl (C=O) groups is 1. The van der Waals surface area contributed by atoms with E-state index in [9.17, 15) is 18.0 Å². The Morgan fingerprint density at radius 1 is 1.28 bits per heavy atom. The topological polar surface area (TPSA) is 46.3 Å². The Hall–Kier alpha value is -1.96. The standard InChI is InChI=1S/C17H19F3N2O2S/c1-11(2)22(9-14-6-4-12(3)24-14)16(23)10-25-15-7-5-13(8-21-15)17(18,19)20/h4-8,11H,9-10H2,1-3H3. The van der Waals surface area contributed by atoms with E-state index in [1.807, 2.05) is 32.9 Å². The number of thioether (sulfide) groups is 1. The largest absolute Gasteiger partial charge is 0.464 e. The van der Waals surface area contributed by atoms with Gasteiger partial charge in [0.15, 0.2) is 0 Å². The molecule has 0 unspecified atom stereocenters. The monoisotopic (exact) mass is 372 g/mol. The zero-order valence-corrected chi connectivity index (χ0v) is 14.9. The van der Waals surface area contributed by atoms with E-state index in [1.165, 1.54) is 6.07 Å². The quantitative estimate of drug-likeness (QED) is 0.699. The Kier molecular flexibility index (Phi) is 6.16. The van der Waals surface area contributed by atoms with E-state index in [0.717, 1.165) is 29.8 Å². The van der Waals surface area contributed by atoms with Crippen LogP contribution in [0.3, 0.4) is 0 Å². The molecule has 0 aliphatic carbocycles. The second-order valence-electron chi connectivity index (χ2n) is 5.80. The first kappa shape index (κ1) is 19.4. The van der Waals surface area contributed by atoms with Crippen molar-refractivity contribution in [1.82, 2.24) is 9.88 Å².